The third-order valence-corrected chi connectivity index (χ3v) is 4.54. The van der Waals surface area contributed by atoms with E-state index in [1.54, 1.807) is 0 Å². The maximum absolute atomic E-state index is 4.39. The molecule has 2 saturated heterocycles. The van der Waals surface area contributed by atoms with Gasteiger partial charge in [0.2, 0.25) is 5.95 Å². The molecule has 8 heteroatoms. The van der Waals surface area contributed by atoms with Gasteiger partial charge in [0.05, 0.1) is 0 Å². The van der Waals surface area contributed by atoms with Crippen LogP contribution in [0.25, 0.3) is 0 Å². The summed E-state index contributed by atoms with van der Waals surface area (Å²) in [4.78, 5) is 20.2. The van der Waals surface area contributed by atoms with Crippen molar-refractivity contribution in [2.75, 3.05) is 64.3 Å². The van der Waals surface area contributed by atoms with E-state index in [4.69, 9.17) is 0 Å². The lowest BCUT2D eigenvalue weighted by Crippen LogP contribution is -2.50. The molecule has 1 aromatic heterocycles. The smallest absolute Gasteiger partial charge is 0.225 e. The van der Waals surface area contributed by atoms with Crippen LogP contribution in [0.4, 0.5) is 5.95 Å². The summed E-state index contributed by atoms with van der Waals surface area (Å²) >= 11 is 0. The zero-order chi connectivity index (χ0) is 15.9. The van der Waals surface area contributed by atoms with E-state index < -0.39 is 0 Å². The Morgan fingerprint density at radius 3 is 2.38 bits per heavy atom. The molecule has 1 N–H and O–H groups in total. The molecule has 134 valence electrons. The molecule has 0 aliphatic carbocycles. The molecule has 0 saturated carbocycles. The number of hydrogen-bond acceptors (Lipinski definition) is 5. The second-order valence-corrected chi connectivity index (χ2v) is 6.05. The van der Waals surface area contributed by atoms with E-state index in [2.05, 4.69) is 35.0 Å². The molecule has 0 spiro atoms. The summed E-state index contributed by atoms with van der Waals surface area (Å²) in [5, 5.41) is 3.50. The summed E-state index contributed by atoms with van der Waals surface area (Å²) in [6, 6.07) is 1.86. The molecule has 0 bridgehead atoms. The highest BCUT2D eigenvalue weighted by Gasteiger charge is 2.19. The van der Waals surface area contributed by atoms with Crippen molar-refractivity contribution in [3.8, 4) is 0 Å². The number of piperazine rings is 1. The van der Waals surface area contributed by atoms with Crippen LogP contribution < -0.4 is 10.2 Å². The summed E-state index contributed by atoms with van der Waals surface area (Å²) < 4.78 is 0. The highest BCUT2D eigenvalue weighted by atomic mass is 127. The van der Waals surface area contributed by atoms with Gasteiger partial charge in [0.15, 0.2) is 5.96 Å². The molecule has 7 nitrogen and oxygen atoms in total. The van der Waals surface area contributed by atoms with Gasteiger partial charge in [-0.2, -0.15) is 0 Å². The number of hydrogen-bond donors (Lipinski definition) is 1. The minimum atomic E-state index is 0. The fraction of sp³-hybridized carbons (Fsp3) is 0.688. The van der Waals surface area contributed by atoms with E-state index in [0.717, 1.165) is 64.3 Å². The third kappa shape index (κ3) is 5.17. The largest absolute Gasteiger partial charge is 0.355 e. The molecule has 3 heterocycles. The van der Waals surface area contributed by atoms with Crippen molar-refractivity contribution in [3.05, 3.63) is 18.5 Å². The first-order valence-electron chi connectivity index (χ1n) is 8.57. The standard InChI is InChI=1S/C16H27N7.HI/c1-17-15(22-8-2-3-9-22)20-7-10-21-11-13-23(14-12-21)16-18-5-4-6-19-16;/h4-6H,2-3,7-14H2,1H3,(H,17,20);1H. The average molecular weight is 445 g/mol. The topological polar surface area (TPSA) is 59.9 Å². The number of aliphatic imine (C=N–C) groups is 1. The zero-order valence-corrected chi connectivity index (χ0v) is 16.7. The number of likely N-dealkylation sites (tertiary alicyclic amines) is 1. The summed E-state index contributed by atoms with van der Waals surface area (Å²) in [7, 11) is 1.87. The van der Waals surface area contributed by atoms with Gasteiger partial charge in [0, 0.05) is 71.8 Å². The molecule has 0 amide bonds. The first kappa shape index (κ1) is 19.2. The second kappa shape index (κ2) is 9.97. The molecule has 2 aliphatic rings. The highest BCUT2D eigenvalue weighted by molar-refractivity contribution is 14.0. The van der Waals surface area contributed by atoms with Gasteiger partial charge in [-0.05, 0) is 18.9 Å². The fourth-order valence-corrected chi connectivity index (χ4v) is 3.21. The van der Waals surface area contributed by atoms with Crippen molar-refractivity contribution < 1.29 is 0 Å². The third-order valence-electron chi connectivity index (χ3n) is 4.54. The molecule has 1 aromatic rings. The summed E-state index contributed by atoms with van der Waals surface area (Å²) in [5.41, 5.74) is 0. The van der Waals surface area contributed by atoms with E-state index in [0.29, 0.717) is 0 Å². The molecular formula is C16H28IN7. The van der Waals surface area contributed by atoms with Crippen molar-refractivity contribution in [2.45, 2.75) is 12.8 Å². The number of anilines is 1. The number of rotatable bonds is 4. The number of nitrogens with one attached hydrogen (secondary N) is 1. The van der Waals surface area contributed by atoms with Crippen LogP contribution in [0, 0.1) is 0 Å². The fourth-order valence-electron chi connectivity index (χ4n) is 3.21. The Bertz CT molecular complexity index is 496. The lowest BCUT2D eigenvalue weighted by atomic mass is 10.3. The molecule has 2 fully saturated rings. The van der Waals surface area contributed by atoms with Gasteiger partial charge in [-0.15, -0.1) is 24.0 Å². The number of guanidine groups is 1. The monoisotopic (exact) mass is 445 g/mol. The molecule has 0 unspecified atom stereocenters. The van der Waals surface area contributed by atoms with Crippen LogP contribution in [-0.4, -0.2) is 85.1 Å². The Hall–Kier alpha value is -1.16. The SMILES string of the molecule is CN=C(NCCN1CCN(c2ncccn2)CC1)N1CCCC1.I. The van der Waals surface area contributed by atoms with Gasteiger partial charge < -0.3 is 15.1 Å². The average Bonchev–Trinajstić information content (AvgIpc) is 3.14. The van der Waals surface area contributed by atoms with Crippen molar-refractivity contribution in [1.82, 2.24) is 25.1 Å². The van der Waals surface area contributed by atoms with Crippen LogP contribution in [-0.2, 0) is 0 Å². The molecule has 0 atom stereocenters. The lowest BCUT2D eigenvalue weighted by molar-refractivity contribution is 0.259. The van der Waals surface area contributed by atoms with Gasteiger partial charge >= 0.3 is 0 Å². The van der Waals surface area contributed by atoms with Crippen LogP contribution in [0.2, 0.25) is 0 Å². The second-order valence-electron chi connectivity index (χ2n) is 6.05. The van der Waals surface area contributed by atoms with Crippen LogP contribution in [0.5, 0.6) is 0 Å². The highest BCUT2D eigenvalue weighted by Crippen LogP contribution is 2.09. The van der Waals surface area contributed by atoms with Crippen LogP contribution in [0.15, 0.2) is 23.5 Å². The van der Waals surface area contributed by atoms with Gasteiger partial charge in [0.1, 0.15) is 0 Å². The molecule has 2 aliphatic heterocycles. The van der Waals surface area contributed by atoms with Crippen LogP contribution in [0.3, 0.4) is 0 Å². The van der Waals surface area contributed by atoms with Crippen molar-refractivity contribution in [3.63, 3.8) is 0 Å². The number of aromatic nitrogens is 2. The van der Waals surface area contributed by atoms with E-state index in [-0.39, 0.29) is 24.0 Å². The minimum absolute atomic E-state index is 0. The maximum Gasteiger partial charge on any atom is 0.225 e. The van der Waals surface area contributed by atoms with Crippen molar-refractivity contribution >= 4 is 35.9 Å². The van der Waals surface area contributed by atoms with E-state index in [9.17, 15) is 0 Å². The molecule has 0 radical (unpaired) electrons. The molecule has 24 heavy (non-hydrogen) atoms. The number of nitrogens with zero attached hydrogens (tertiary/aromatic N) is 6. The summed E-state index contributed by atoms with van der Waals surface area (Å²) in [6.45, 7) is 8.37. The van der Waals surface area contributed by atoms with Gasteiger partial charge in [-0.1, -0.05) is 0 Å². The first-order valence-corrected chi connectivity index (χ1v) is 8.57. The Morgan fingerprint density at radius 2 is 1.75 bits per heavy atom. The maximum atomic E-state index is 4.39. The van der Waals surface area contributed by atoms with E-state index in [1.807, 2.05) is 25.5 Å². The normalized spacial score (nSPS) is 19.3. The quantitative estimate of drug-likeness (QED) is 0.422. The summed E-state index contributed by atoms with van der Waals surface area (Å²) in [6.07, 6.45) is 6.18. The molecule has 3 rings (SSSR count). The Morgan fingerprint density at radius 1 is 1.08 bits per heavy atom. The molecular weight excluding hydrogens is 417 g/mol. The first-order chi connectivity index (χ1) is 11.4. The van der Waals surface area contributed by atoms with Crippen LogP contribution in [0.1, 0.15) is 12.8 Å². The molecule has 0 aromatic carbocycles. The predicted octanol–water partition coefficient (Wildman–Crippen LogP) is 0.888. The lowest BCUT2D eigenvalue weighted by Gasteiger charge is -2.34. The van der Waals surface area contributed by atoms with Crippen molar-refractivity contribution in [2.24, 2.45) is 4.99 Å². The number of halogens is 1. The Kier molecular flexibility index (Phi) is 7.97. The van der Waals surface area contributed by atoms with Gasteiger partial charge in [-0.3, -0.25) is 9.89 Å². The Balaban J connectivity index is 0.00000208. The van der Waals surface area contributed by atoms with Crippen LogP contribution >= 0.6 is 24.0 Å². The van der Waals surface area contributed by atoms with E-state index in [1.165, 1.54) is 12.8 Å². The van der Waals surface area contributed by atoms with E-state index >= 15 is 0 Å². The van der Waals surface area contributed by atoms with Gasteiger partial charge in [-0.25, -0.2) is 9.97 Å². The zero-order valence-electron chi connectivity index (χ0n) is 14.4. The van der Waals surface area contributed by atoms with Gasteiger partial charge in [0.25, 0.3) is 0 Å². The van der Waals surface area contributed by atoms with Crippen molar-refractivity contribution in [1.29, 1.82) is 0 Å². The Labute approximate surface area is 161 Å². The predicted molar refractivity (Wildman–Crippen MR) is 108 cm³/mol. The minimum Gasteiger partial charge on any atom is -0.355 e. The summed E-state index contributed by atoms with van der Waals surface area (Å²) in [5.74, 6) is 1.90.